The van der Waals surface area contributed by atoms with Gasteiger partial charge in [0.25, 0.3) is 0 Å². The second kappa shape index (κ2) is 4.29. The van der Waals surface area contributed by atoms with E-state index in [1.165, 1.54) is 6.08 Å². The van der Waals surface area contributed by atoms with Crippen molar-refractivity contribution in [2.24, 2.45) is 0 Å². The van der Waals surface area contributed by atoms with E-state index < -0.39 is 0 Å². The molecule has 0 N–H and O–H groups in total. The number of hydrogen-bond donors (Lipinski definition) is 0. The molecule has 0 heterocycles. The summed E-state index contributed by atoms with van der Waals surface area (Å²) in [5.41, 5.74) is 0. The largest absolute Gasteiger partial charge is 0.322 e. The van der Waals surface area contributed by atoms with Crippen LogP contribution >= 0.6 is 0 Å². The Labute approximate surface area is 69.1 Å². The number of likely N-dealkylation sites (N-methyl/N-ethyl adjacent to an activating group) is 1. The van der Waals surface area contributed by atoms with E-state index in [0.717, 1.165) is 17.4 Å². The fraction of sp³-hybridized carbons (Fsp3) is 0.667. The fourth-order valence-electron chi connectivity index (χ4n) is 1.17. The van der Waals surface area contributed by atoms with Crippen molar-refractivity contribution in [2.75, 3.05) is 27.2 Å². The van der Waals surface area contributed by atoms with Crippen molar-refractivity contribution in [3.63, 3.8) is 0 Å². The highest BCUT2D eigenvalue weighted by Crippen LogP contribution is 1.98. The van der Waals surface area contributed by atoms with Gasteiger partial charge in [-0.3, -0.25) is 4.79 Å². The zero-order valence-corrected chi connectivity index (χ0v) is 7.76. The summed E-state index contributed by atoms with van der Waals surface area (Å²) in [4.78, 5) is 11.0. The Hall–Kier alpha value is -0.630. The third-order valence-electron chi connectivity index (χ3n) is 1.64. The van der Waals surface area contributed by atoms with Gasteiger partial charge >= 0.3 is 0 Å². The Morgan fingerprint density at radius 1 is 1.55 bits per heavy atom. The van der Waals surface area contributed by atoms with Crippen molar-refractivity contribution in [2.45, 2.75) is 13.3 Å². The van der Waals surface area contributed by atoms with E-state index in [4.69, 9.17) is 0 Å². The van der Waals surface area contributed by atoms with E-state index in [1.807, 2.05) is 0 Å². The molecule has 0 saturated heterocycles. The molecule has 11 heavy (non-hydrogen) atoms. The smallest absolute Gasteiger partial charge is 0.209 e. The number of quaternary nitrogens is 1. The van der Waals surface area contributed by atoms with Crippen molar-refractivity contribution in [3.8, 4) is 0 Å². The molecule has 2 heteroatoms. The van der Waals surface area contributed by atoms with Crippen molar-refractivity contribution >= 4 is 5.78 Å². The Morgan fingerprint density at radius 2 is 2.09 bits per heavy atom. The summed E-state index contributed by atoms with van der Waals surface area (Å²) in [6, 6.07) is 0. The molecule has 0 radical (unpaired) electrons. The van der Waals surface area contributed by atoms with Crippen LogP contribution in [0.15, 0.2) is 12.7 Å². The molecule has 0 aromatic heterocycles. The molecule has 0 aliphatic heterocycles. The van der Waals surface area contributed by atoms with Gasteiger partial charge in [0.2, 0.25) is 5.78 Å². The van der Waals surface area contributed by atoms with Gasteiger partial charge in [-0.1, -0.05) is 13.5 Å². The standard InChI is InChI=1S/C9H18NO/c1-5-7-10(3,4)8-9(11)6-2/h6H,2,5,7-8H2,1,3-4H3/q+1. The number of hydrogen-bond acceptors (Lipinski definition) is 1. The van der Waals surface area contributed by atoms with E-state index in [1.54, 1.807) is 0 Å². The molecule has 0 unspecified atom stereocenters. The summed E-state index contributed by atoms with van der Waals surface area (Å²) in [6.07, 6.45) is 2.51. The lowest BCUT2D eigenvalue weighted by atomic mass is 10.3. The molecule has 0 atom stereocenters. The minimum atomic E-state index is 0.128. The van der Waals surface area contributed by atoms with Gasteiger partial charge in [-0.25, -0.2) is 0 Å². The summed E-state index contributed by atoms with van der Waals surface area (Å²) in [5.74, 6) is 0.128. The number of nitrogens with zero attached hydrogens (tertiary/aromatic N) is 1. The monoisotopic (exact) mass is 156 g/mol. The van der Waals surface area contributed by atoms with Crippen molar-refractivity contribution < 1.29 is 9.28 Å². The first kappa shape index (κ1) is 10.4. The molecule has 0 spiro atoms. The van der Waals surface area contributed by atoms with Crippen LogP contribution in [0.4, 0.5) is 0 Å². The van der Waals surface area contributed by atoms with Gasteiger partial charge in [0, 0.05) is 0 Å². The number of carbonyl (C=O) groups is 1. The third-order valence-corrected chi connectivity index (χ3v) is 1.64. The maximum Gasteiger partial charge on any atom is 0.209 e. The second-order valence-electron chi connectivity index (χ2n) is 3.49. The second-order valence-corrected chi connectivity index (χ2v) is 3.49. The first-order valence-electron chi connectivity index (χ1n) is 3.99. The minimum Gasteiger partial charge on any atom is -0.322 e. The maximum atomic E-state index is 11.0. The summed E-state index contributed by atoms with van der Waals surface area (Å²) >= 11 is 0. The maximum absolute atomic E-state index is 11.0. The van der Waals surface area contributed by atoms with Crippen molar-refractivity contribution in [3.05, 3.63) is 12.7 Å². The van der Waals surface area contributed by atoms with Gasteiger partial charge in [-0.2, -0.15) is 0 Å². The van der Waals surface area contributed by atoms with Gasteiger partial charge in [0.1, 0.15) is 6.54 Å². The van der Waals surface area contributed by atoms with E-state index in [-0.39, 0.29) is 5.78 Å². The Balaban J connectivity index is 3.89. The molecule has 0 bridgehead atoms. The summed E-state index contributed by atoms with van der Waals surface area (Å²) in [7, 11) is 4.12. The number of carbonyl (C=O) groups excluding carboxylic acids is 1. The predicted octanol–water partition coefficient (Wildman–Crippen LogP) is 1.23. The summed E-state index contributed by atoms with van der Waals surface area (Å²) in [6.45, 7) is 7.18. The zero-order chi connectivity index (χ0) is 8.91. The fourth-order valence-corrected chi connectivity index (χ4v) is 1.17. The van der Waals surface area contributed by atoms with E-state index in [0.29, 0.717) is 6.54 Å². The van der Waals surface area contributed by atoms with Crippen molar-refractivity contribution in [1.29, 1.82) is 0 Å². The number of rotatable bonds is 5. The van der Waals surface area contributed by atoms with Crippen LogP contribution in [0.1, 0.15) is 13.3 Å². The van der Waals surface area contributed by atoms with Gasteiger partial charge in [-0.05, 0) is 12.5 Å². The molecule has 0 amide bonds. The highest BCUT2D eigenvalue weighted by Gasteiger charge is 2.16. The molecule has 0 aromatic carbocycles. The normalized spacial score (nSPS) is 11.2. The predicted molar refractivity (Wildman–Crippen MR) is 47.3 cm³/mol. The van der Waals surface area contributed by atoms with Crippen LogP contribution in [0.3, 0.4) is 0 Å². The Morgan fingerprint density at radius 3 is 2.45 bits per heavy atom. The molecule has 0 saturated carbocycles. The molecule has 64 valence electrons. The van der Waals surface area contributed by atoms with Gasteiger partial charge in [0.15, 0.2) is 0 Å². The van der Waals surface area contributed by atoms with Gasteiger partial charge < -0.3 is 4.48 Å². The van der Waals surface area contributed by atoms with Crippen molar-refractivity contribution in [1.82, 2.24) is 0 Å². The van der Waals surface area contributed by atoms with E-state index in [2.05, 4.69) is 27.6 Å². The van der Waals surface area contributed by atoms with Crippen LogP contribution in [-0.2, 0) is 4.79 Å². The third kappa shape index (κ3) is 4.73. The highest BCUT2D eigenvalue weighted by atomic mass is 16.1. The first-order valence-corrected chi connectivity index (χ1v) is 3.99. The summed E-state index contributed by atoms with van der Waals surface area (Å²) < 4.78 is 0.765. The first-order chi connectivity index (χ1) is 5.02. The Kier molecular flexibility index (Phi) is 4.04. The molecule has 0 aromatic rings. The SMILES string of the molecule is C=CC(=O)C[N+](C)(C)CCC. The molecule has 0 aliphatic rings. The minimum absolute atomic E-state index is 0.128. The summed E-state index contributed by atoms with van der Waals surface area (Å²) in [5, 5.41) is 0. The molecular formula is C9H18NO+. The van der Waals surface area contributed by atoms with Crippen LogP contribution in [0, 0.1) is 0 Å². The lowest BCUT2D eigenvalue weighted by Crippen LogP contribution is -2.43. The van der Waals surface area contributed by atoms with E-state index >= 15 is 0 Å². The molecule has 0 aliphatic carbocycles. The molecule has 2 nitrogen and oxygen atoms in total. The quantitative estimate of drug-likeness (QED) is 0.432. The van der Waals surface area contributed by atoms with Crippen LogP contribution in [0.5, 0.6) is 0 Å². The average Bonchev–Trinajstić information content (AvgIpc) is 1.86. The topological polar surface area (TPSA) is 17.1 Å². The van der Waals surface area contributed by atoms with Gasteiger partial charge in [0.05, 0.1) is 20.6 Å². The Bertz CT molecular complexity index is 150. The average molecular weight is 156 g/mol. The van der Waals surface area contributed by atoms with Crippen LogP contribution in [0.25, 0.3) is 0 Å². The zero-order valence-electron chi connectivity index (χ0n) is 7.76. The van der Waals surface area contributed by atoms with Gasteiger partial charge in [-0.15, -0.1) is 0 Å². The lowest BCUT2D eigenvalue weighted by molar-refractivity contribution is -0.882. The molecular weight excluding hydrogens is 138 g/mol. The lowest BCUT2D eigenvalue weighted by Gasteiger charge is -2.27. The van der Waals surface area contributed by atoms with Crippen LogP contribution < -0.4 is 0 Å². The molecule has 0 rings (SSSR count). The molecule has 0 fully saturated rings. The van der Waals surface area contributed by atoms with E-state index in [9.17, 15) is 4.79 Å². The van der Waals surface area contributed by atoms with Crippen LogP contribution in [0.2, 0.25) is 0 Å². The van der Waals surface area contributed by atoms with Crippen LogP contribution in [-0.4, -0.2) is 37.5 Å². The highest BCUT2D eigenvalue weighted by molar-refractivity contribution is 5.90. The number of ketones is 1.